The fourth-order valence-electron chi connectivity index (χ4n) is 10.3. The molecule has 4 fully saturated rings. The van der Waals surface area contributed by atoms with Gasteiger partial charge in [-0.05, 0) is 98.7 Å². The van der Waals surface area contributed by atoms with Gasteiger partial charge in [0.2, 0.25) is 0 Å². The molecule has 9 atom stereocenters. The van der Waals surface area contributed by atoms with Crippen molar-refractivity contribution >= 4 is 11.8 Å². The largest absolute Gasteiger partial charge is 0.469 e. The quantitative estimate of drug-likeness (QED) is 0.229. The molecule has 1 heterocycles. The van der Waals surface area contributed by atoms with E-state index in [1.807, 2.05) is 4.68 Å². The van der Waals surface area contributed by atoms with E-state index < -0.39 is 0 Å². The number of carbonyl (C=O) groups excluding carboxylic acids is 2. The van der Waals surface area contributed by atoms with E-state index in [-0.39, 0.29) is 22.8 Å². The molecular weight excluding hydrogens is 486 g/mol. The highest BCUT2D eigenvalue weighted by Crippen LogP contribution is 2.69. The average Bonchev–Trinajstić information content (AvgIpc) is 3.55. The lowest BCUT2D eigenvalue weighted by molar-refractivity contribution is -0.170. The third-order valence-corrected chi connectivity index (χ3v) is 12.4. The summed E-state index contributed by atoms with van der Waals surface area (Å²) in [4.78, 5) is 27.0. The number of unbranched alkanes of at least 4 members (excludes halogenated alkanes) is 3. The topological polar surface area (TPSA) is 74.1 Å². The van der Waals surface area contributed by atoms with Gasteiger partial charge in [-0.1, -0.05) is 65.0 Å². The summed E-state index contributed by atoms with van der Waals surface area (Å²) in [6.45, 7) is 9.34. The highest BCUT2D eigenvalue weighted by Gasteiger charge is 2.67. The molecule has 0 radical (unpaired) electrons. The number of Topliss-reactive ketones (excluding diaryl/α,β-unsaturated/α-hetero) is 1. The SMILES string of the molecule is CCCCCCc1cn([C@@H]2C(=O)[C@@]3(C)C(CCC3[C@H](C)CCC(=O)OC)C3CC[C@@H]4CCCC[C@]4(C)C32)nn1. The molecule has 39 heavy (non-hydrogen) atoms. The number of esters is 1. The first-order valence-corrected chi connectivity index (χ1v) is 16.3. The van der Waals surface area contributed by atoms with Crippen molar-refractivity contribution in [2.45, 2.75) is 130 Å². The van der Waals surface area contributed by atoms with Crippen molar-refractivity contribution in [1.82, 2.24) is 15.0 Å². The van der Waals surface area contributed by atoms with Crippen LogP contribution in [0.3, 0.4) is 0 Å². The number of rotatable bonds is 10. The van der Waals surface area contributed by atoms with E-state index in [9.17, 15) is 4.79 Å². The second kappa shape index (κ2) is 11.6. The van der Waals surface area contributed by atoms with Crippen LogP contribution in [0.25, 0.3) is 0 Å². The Bertz CT molecular complexity index is 1020. The summed E-state index contributed by atoms with van der Waals surface area (Å²) in [6.07, 6.45) is 19.1. The van der Waals surface area contributed by atoms with Gasteiger partial charge < -0.3 is 4.74 Å². The summed E-state index contributed by atoms with van der Waals surface area (Å²) in [5, 5.41) is 9.34. The fourth-order valence-corrected chi connectivity index (χ4v) is 10.3. The number of aryl methyl sites for hydroxylation is 1. The van der Waals surface area contributed by atoms with Crippen LogP contribution in [0.5, 0.6) is 0 Å². The number of nitrogens with zero attached hydrogens (tertiary/aromatic N) is 3. The summed E-state index contributed by atoms with van der Waals surface area (Å²) < 4.78 is 6.98. The van der Waals surface area contributed by atoms with E-state index in [1.165, 1.54) is 64.9 Å². The van der Waals surface area contributed by atoms with Gasteiger partial charge in [-0.2, -0.15) is 0 Å². The molecule has 0 spiro atoms. The zero-order valence-electron chi connectivity index (χ0n) is 25.3. The van der Waals surface area contributed by atoms with Gasteiger partial charge in [-0.25, -0.2) is 4.68 Å². The normalized spacial score (nSPS) is 38.5. The average molecular weight is 540 g/mol. The molecule has 0 aromatic carbocycles. The number of hydrogen-bond acceptors (Lipinski definition) is 5. The Morgan fingerprint density at radius 1 is 1.13 bits per heavy atom. The van der Waals surface area contributed by atoms with E-state index in [4.69, 9.17) is 9.95 Å². The van der Waals surface area contributed by atoms with Gasteiger partial charge in [0, 0.05) is 18.0 Å². The third kappa shape index (κ3) is 5.01. The molecule has 1 aromatic heterocycles. The second-order valence-corrected chi connectivity index (χ2v) is 14.2. The first-order chi connectivity index (χ1) is 18.8. The molecule has 6 heteroatoms. The maximum atomic E-state index is 15.0. The first kappa shape index (κ1) is 28.8. The zero-order valence-corrected chi connectivity index (χ0v) is 25.3. The summed E-state index contributed by atoms with van der Waals surface area (Å²) >= 11 is 0. The molecular formula is C33H53N3O3. The monoisotopic (exact) mass is 539 g/mol. The summed E-state index contributed by atoms with van der Waals surface area (Å²) in [6, 6.07) is -0.215. The molecule has 6 nitrogen and oxygen atoms in total. The number of aromatic nitrogens is 3. The minimum atomic E-state index is -0.369. The van der Waals surface area contributed by atoms with E-state index in [1.54, 1.807) is 0 Å². The van der Waals surface area contributed by atoms with Crippen LogP contribution < -0.4 is 0 Å². The van der Waals surface area contributed by atoms with Crippen LogP contribution in [0.1, 0.15) is 129 Å². The van der Waals surface area contributed by atoms with E-state index in [2.05, 4.69) is 39.0 Å². The predicted molar refractivity (Wildman–Crippen MR) is 153 cm³/mol. The van der Waals surface area contributed by atoms with Gasteiger partial charge >= 0.3 is 5.97 Å². The molecule has 1 aromatic rings. The Kier molecular flexibility index (Phi) is 8.60. The van der Waals surface area contributed by atoms with Crippen LogP contribution >= 0.6 is 0 Å². The standard InChI is InChI=1S/C33H53N3O3/c1-6-7-8-9-13-24-21-36(35-34-24)30-29-25(16-15-23-12-10-11-20-32(23,29)3)27-18-17-26(33(27,4)31(30)38)22(2)14-19-28(37)39-5/h21-23,25-27,29-30H,6-20H2,1-5H3/t22-,23+,25?,26?,27?,29?,30+,32+,33-/m1/s1. The molecule has 0 aliphatic heterocycles. The lowest BCUT2D eigenvalue weighted by Gasteiger charge is -2.62. The van der Waals surface area contributed by atoms with Gasteiger partial charge in [0.25, 0.3) is 0 Å². The van der Waals surface area contributed by atoms with Crippen LogP contribution in [0.2, 0.25) is 0 Å². The fraction of sp³-hybridized carbons (Fsp3) is 0.879. The minimum Gasteiger partial charge on any atom is -0.469 e. The summed E-state index contributed by atoms with van der Waals surface area (Å²) in [5.41, 5.74) is 0.871. The Morgan fingerprint density at radius 2 is 1.95 bits per heavy atom. The van der Waals surface area contributed by atoms with Crippen LogP contribution in [-0.2, 0) is 20.7 Å². The van der Waals surface area contributed by atoms with Crippen molar-refractivity contribution < 1.29 is 14.3 Å². The number of carbonyl (C=O) groups is 2. The zero-order chi connectivity index (χ0) is 27.8. The lowest BCUT2D eigenvalue weighted by Crippen LogP contribution is -2.61. The van der Waals surface area contributed by atoms with Crippen LogP contribution in [0.15, 0.2) is 6.20 Å². The molecule has 4 unspecified atom stereocenters. The van der Waals surface area contributed by atoms with Crippen molar-refractivity contribution in [3.63, 3.8) is 0 Å². The third-order valence-electron chi connectivity index (χ3n) is 12.4. The van der Waals surface area contributed by atoms with Crippen molar-refractivity contribution in [3.05, 3.63) is 11.9 Å². The van der Waals surface area contributed by atoms with Crippen molar-refractivity contribution in [1.29, 1.82) is 0 Å². The Morgan fingerprint density at radius 3 is 2.72 bits per heavy atom. The molecule has 4 aliphatic rings. The van der Waals surface area contributed by atoms with Crippen molar-refractivity contribution in [3.8, 4) is 0 Å². The first-order valence-electron chi connectivity index (χ1n) is 16.3. The second-order valence-electron chi connectivity index (χ2n) is 14.2. The van der Waals surface area contributed by atoms with Crippen LogP contribution in [0, 0.1) is 46.3 Å². The molecule has 0 saturated heterocycles. The van der Waals surface area contributed by atoms with Gasteiger partial charge in [0.15, 0.2) is 5.78 Å². The van der Waals surface area contributed by atoms with Crippen LogP contribution in [0.4, 0.5) is 0 Å². The van der Waals surface area contributed by atoms with Crippen molar-refractivity contribution in [2.75, 3.05) is 7.11 Å². The summed E-state index contributed by atoms with van der Waals surface area (Å²) in [5.74, 6) is 2.95. The maximum Gasteiger partial charge on any atom is 0.305 e. The Labute approximate surface area is 236 Å². The van der Waals surface area contributed by atoms with Crippen LogP contribution in [-0.4, -0.2) is 33.9 Å². The molecule has 4 saturated carbocycles. The predicted octanol–water partition coefficient (Wildman–Crippen LogP) is 7.37. The molecule has 0 bridgehead atoms. The Balaban J connectivity index is 1.49. The van der Waals surface area contributed by atoms with Gasteiger partial charge in [0.05, 0.1) is 12.8 Å². The lowest BCUT2D eigenvalue weighted by atomic mass is 9.43. The van der Waals surface area contributed by atoms with Gasteiger partial charge in [-0.15, -0.1) is 5.10 Å². The van der Waals surface area contributed by atoms with Crippen molar-refractivity contribution in [2.24, 2.45) is 46.3 Å². The maximum absolute atomic E-state index is 15.0. The molecule has 4 aliphatic carbocycles. The molecule has 218 valence electrons. The Hall–Kier alpha value is -1.72. The highest BCUT2D eigenvalue weighted by atomic mass is 16.5. The minimum absolute atomic E-state index is 0.146. The van der Waals surface area contributed by atoms with E-state index in [0.717, 1.165) is 43.7 Å². The van der Waals surface area contributed by atoms with Gasteiger partial charge in [-0.3, -0.25) is 9.59 Å². The molecule has 5 rings (SSSR count). The number of ether oxygens (including phenoxy) is 1. The number of fused-ring (bicyclic) bond motifs is 5. The number of methoxy groups -OCH3 is 1. The number of ketones is 1. The van der Waals surface area contributed by atoms with E-state index in [0.29, 0.717) is 41.8 Å². The smallest absolute Gasteiger partial charge is 0.305 e. The summed E-state index contributed by atoms with van der Waals surface area (Å²) in [7, 11) is 1.47. The van der Waals surface area contributed by atoms with E-state index >= 15 is 4.79 Å². The van der Waals surface area contributed by atoms with Gasteiger partial charge in [0.1, 0.15) is 6.04 Å². The molecule has 0 N–H and O–H groups in total. The molecule has 0 amide bonds. The highest BCUT2D eigenvalue weighted by molar-refractivity contribution is 5.90. The number of hydrogen-bond donors (Lipinski definition) is 0.